The molecule has 1 amide bonds. The van der Waals surface area contributed by atoms with E-state index in [1.165, 1.54) is 24.4 Å². The lowest BCUT2D eigenvalue weighted by Gasteiger charge is -2.10. The predicted octanol–water partition coefficient (Wildman–Crippen LogP) is 5.73. The van der Waals surface area contributed by atoms with Crippen LogP contribution in [0.1, 0.15) is 48.3 Å². The molecule has 1 heterocycles. The van der Waals surface area contributed by atoms with Crippen molar-refractivity contribution in [3.05, 3.63) is 83.1 Å². The zero-order chi connectivity index (χ0) is 23.7. The lowest BCUT2D eigenvalue weighted by molar-refractivity contribution is -0.118. The highest BCUT2D eigenvalue weighted by Gasteiger charge is 2.30. The van der Waals surface area contributed by atoms with E-state index in [0.29, 0.717) is 17.1 Å². The van der Waals surface area contributed by atoms with Gasteiger partial charge in [-0.05, 0) is 66.5 Å². The van der Waals surface area contributed by atoms with Crippen LogP contribution in [-0.2, 0) is 22.4 Å². The van der Waals surface area contributed by atoms with Gasteiger partial charge in [0, 0.05) is 37.1 Å². The third-order valence-electron chi connectivity index (χ3n) is 6.06. The van der Waals surface area contributed by atoms with E-state index in [0.717, 1.165) is 31.2 Å². The number of halogens is 2. The molecule has 2 aliphatic carbocycles. The van der Waals surface area contributed by atoms with Crippen molar-refractivity contribution in [2.45, 2.75) is 44.4 Å². The molecule has 0 atom stereocenters. The molecule has 2 aromatic carbocycles. The third kappa shape index (κ3) is 5.47. The average molecular weight is 462 g/mol. The standard InChI is InChI=1S/C27H24F2N2O3/c28-24-8-1-16(12-23(24)17-2-3-17)11-20(32)13-19-6-7-21(14-25(19)29)34-22-9-10-30-26(15-22)31-27(33)18-4-5-18/h1,6-10,12,14-15,17-18H,2-5,11,13H2,(H,30,31,33). The van der Waals surface area contributed by atoms with E-state index in [2.05, 4.69) is 10.3 Å². The number of aromatic nitrogens is 1. The van der Waals surface area contributed by atoms with Crippen molar-refractivity contribution in [1.82, 2.24) is 4.98 Å². The number of carbonyl (C=O) groups excluding carboxylic acids is 2. The van der Waals surface area contributed by atoms with E-state index < -0.39 is 5.82 Å². The second kappa shape index (κ2) is 9.33. The fourth-order valence-electron chi connectivity index (χ4n) is 3.90. The van der Waals surface area contributed by atoms with Gasteiger partial charge in [-0.15, -0.1) is 0 Å². The van der Waals surface area contributed by atoms with Gasteiger partial charge >= 0.3 is 0 Å². The van der Waals surface area contributed by atoms with Gasteiger partial charge in [-0.3, -0.25) is 9.59 Å². The van der Waals surface area contributed by atoms with Crippen molar-refractivity contribution in [1.29, 1.82) is 0 Å². The van der Waals surface area contributed by atoms with Gasteiger partial charge in [0.25, 0.3) is 0 Å². The Balaban J connectivity index is 1.20. The minimum Gasteiger partial charge on any atom is -0.457 e. The summed E-state index contributed by atoms with van der Waals surface area (Å²) in [6.07, 6.45) is 5.31. The van der Waals surface area contributed by atoms with Crippen LogP contribution in [0.25, 0.3) is 0 Å². The van der Waals surface area contributed by atoms with Crippen LogP contribution in [0.3, 0.4) is 0 Å². The zero-order valence-corrected chi connectivity index (χ0v) is 18.5. The highest BCUT2D eigenvalue weighted by atomic mass is 19.1. The van der Waals surface area contributed by atoms with Crippen molar-refractivity contribution in [2.75, 3.05) is 5.32 Å². The number of hydrogen-bond acceptors (Lipinski definition) is 4. The first kappa shape index (κ1) is 22.2. The van der Waals surface area contributed by atoms with Crippen LogP contribution < -0.4 is 10.1 Å². The Kier molecular flexibility index (Phi) is 6.09. The van der Waals surface area contributed by atoms with Crippen LogP contribution in [0.4, 0.5) is 14.6 Å². The third-order valence-corrected chi connectivity index (χ3v) is 6.06. The molecule has 0 bridgehead atoms. The fraction of sp³-hybridized carbons (Fsp3) is 0.296. The first-order valence-electron chi connectivity index (χ1n) is 11.5. The molecule has 1 aromatic heterocycles. The Morgan fingerprint density at radius 2 is 1.71 bits per heavy atom. The summed E-state index contributed by atoms with van der Waals surface area (Å²) in [7, 11) is 0. The molecule has 5 rings (SSSR count). The van der Waals surface area contributed by atoms with E-state index >= 15 is 0 Å². The van der Waals surface area contributed by atoms with Gasteiger partial charge in [0.05, 0.1) is 0 Å². The number of ether oxygens (including phenoxy) is 1. The molecule has 0 spiro atoms. The van der Waals surface area contributed by atoms with E-state index in [1.807, 2.05) is 0 Å². The van der Waals surface area contributed by atoms with Crippen molar-refractivity contribution in [3.63, 3.8) is 0 Å². The molecule has 174 valence electrons. The molecule has 7 heteroatoms. The highest BCUT2D eigenvalue weighted by molar-refractivity contribution is 5.93. The smallest absolute Gasteiger partial charge is 0.228 e. The highest BCUT2D eigenvalue weighted by Crippen LogP contribution is 2.41. The maximum atomic E-state index is 14.7. The Labute approximate surface area is 196 Å². The summed E-state index contributed by atoms with van der Waals surface area (Å²) < 4.78 is 34.3. The number of pyridine rings is 1. The molecule has 34 heavy (non-hydrogen) atoms. The molecule has 0 radical (unpaired) electrons. The van der Waals surface area contributed by atoms with E-state index in [1.54, 1.807) is 30.3 Å². The lowest BCUT2D eigenvalue weighted by Crippen LogP contribution is -2.14. The van der Waals surface area contributed by atoms with Gasteiger partial charge in [-0.2, -0.15) is 0 Å². The normalized spacial score (nSPS) is 15.1. The van der Waals surface area contributed by atoms with Crippen molar-refractivity contribution < 1.29 is 23.1 Å². The SMILES string of the molecule is O=C(Cc1ccc(F)c(C2CC2)c1)Cc1ccc(Oc2ccnc(NC(=O)C3CC3)c2)cc1F. The van der Waals surface area contributed by atoms with Crippen molar-refractivity contribution in [2.24, 2.45) is 5.92 Å². The summed E-state index contributed by atoms with van der Waals surface area (Å²) >= 11 is 0. The Hall–Kier alpha value is -3.61. The van der Waals surface area contributed by atoms with E-state index in [9.17, 15) is 18.4 Å². The number of nitrogens with zero attached hydrogens (tertiary/aromatic N) is 1. The van der Waals surface area contributed by atoms with Crippen LogP contribution in [0.2, 0.25) is 0 Å². The molecule has 0 saturated heterocycles. The average Bonchev–Trinajstić information content (AvgIpc) is 3.70. The number of nitrogens with one attached hydrogen (secondary N) is 1. The maximum absolute atomic E-state index is 14.7. The number of ketones is 1. The summed E-state index contributed by atoms with van der Waals surface area (Å²) in [5.41, 5.74) is 1.69. The first-order chi connectivity index (χ1) is 16.4. The summed E-state index contributed by atoms with van der Waals surface area (Å²) in [6.45, 7) is 0. The summed E-state index contributed by atoms with van der Waals surface area (Å²) in [5, 5.41) is 2.75. The van der Waals surface area contributed by atoms with Crippen molar-refractivity contribution in [3.8, 4) is 11.5 Å². The molecule has 0 unspecified atom stereocenters. The Bertz CT molecular complexity index is 1250. The minimum absolute atomic E-state index is 0.0547. The van der Waals surface area contributed by atoms with Crippen LogP contribution in [0.5, 0.6) is 11.5 Å². The molecule has 0 aliphatic heterocycles. The summed E-state index contributed by atoms with van der Waals surface area (Å²) in [4.78, 5) is 28.6. The minimum atomic E-state index is -0.542. The van der Waals surface area contributed by atoms with Crippen LogP contribution >= 0.6 is 0 Å². The topological polar surface area (TPSA) is 68.3 Å². The monoisotopic (exact) mass is 462 g/mol. The van der Waals surface area contributed by atoms with E-state index in [-0.39, 0.29) is 53.5 Å². The molecule has 2 saturated carbocycles. The molecular weight excluding hydrogens is 438 g/mol. The van der Waals surface area contributed by atoms with Gasteiger partial charge in [-0.25, -0.2) is 13.8 Å². The number of hydrogen-bond donors (Lipinski definition) is 1. The fourth-order valence-corrected chi connectivity index (χ4v) is 3.90. The van der Waals surface area contributed by atoms with E-state index in [4.69, 9.17) is 4.74 Å². The number of amides is 1. The maximum Gasteiger partial charge on any atom is 0.228 e. The number of rotatable bonds is 9. The second-order valence-corrected chi connectivity index (χ2v) is 9.02. The van der Waals surface area contributed by atoms with Gasteiger partial charge < -0.3 is 10.1 Å². The summed E-state index contributed by atoms with van der Waals surface area (Å²) in [5.74, 6) is 0.388. The molecule has 2 fully saturated rings. The van der Waals surface area contributed by atoms with Crippen LogP contribution in [0, 0.1) is 17.6 Å². The first-order valence-corrected chi connectivity index (χ1v) is 11.5. The summed E-state index contributed by atoms with van der Waals surface area (Å²) in [6, 6.07) is 12.3. The number of carbonyl (C=O) groups is 2. The number of benzene rings is 2. The quantitative estimate of drug-likeness (QED) is 0.441. The predicted molar refractivity (Wildman–Crippen MR) is 123 cm³/mol. The molecule has 3 aromatic rings. The van der Waals surface area contributed by atoms with Gasteiger partial charge in [0.15, 0.2) is 0 Å². The Morgan fingerprint density at radius 3 is 2.44 bits per heavy atom. The van der Waals surface area contributed by atoms with Gasteiger partial charge in [-0.1, -0.05) is 18.2 Å². The van der Waals surface area contributed by atoms with Crippen LogP contribution in [-0.4, -0.2) is 16.7 Å². The number of Topliss-reactive ketones (excluding diaryl/α,β-unsaturated/α-hetero) is 1. The largest absolute Gasteiger partial charge is 0.457 e. The molecule has 2 aliphatic rings. The van der Waals surface area contributed by atoms with Gasteiger partial charge in [0.2, 0.25) is 5.91 Å². The van der Waals surface area contributed by atoms with Crippen molar-refractivity contribution >= 4 is 17.5 Å². The van der Waals surface area contributed by atoms with Gasteiger partial charge in [0.1, 0.15) is 34.7 Å². The van der Waals surface area contributed by atoms with Crippen LogP contribution in [0.15, 0.2) is 54.7 Å². The Morgan fingerprint density at radius 1 is 0.912 bits per heavy atom. The lowest BCUT2D eigenvalue weighted by atomic mass is 9.99. The number of anilines is 1. The molecular formula is C27H24F2N2O3. The molecule has 1 N–H and O–H groups in total. The second-order valence-electron chi connectivity index (χ2n) is 9.02. The zero-order valence-electron chi connectivity index (χ0n) is 18.5. The molecule has 5 nitrogen and oxygen atoms in total.